The summed E-state index contributed by atoms with van der Waals surface area (Å²) in [6.45, 7) is 1.88. The van der Waals surface area contributed by atoms with Crippen LogP contribution >= 0.6 is 15.9 Å². The molecular formula is C20H24BrN5O2. The molecule has 3 heterocycles. The lowest BCUT2D eigenvalue weighted by Crippen LogP contribution is -2.48. The van der Waals surface area contributed by atoms with Crippen LogP contribution < -0.4 is 11.1 Å². The lowest BCUT2D eigenvalue weighted by molar-refractivity contribution is -0.123. The molecule has 7 nitrogen and oxygen atoms in total. The Morgan fingerprint density at radius 2 is 2.14 bits per heavy atom. The molecule has 2 aliphatic rings. The number of likely N-dealkylation sites (tertiary alicyclic amines) is 1. The average molecular weight is 446 g/mol. The lowest BCUT2D eigenvalue weighted by atomic mass is 9.87. The molecule has 2 fully saturated rings. The Balaban J connectivity index is 1.37. The van der Waals surface area contributed by atoms with E-state index in [-0.39, 0.29) is 17.6 Å². The molecule has 0 spiro atoms. The van der Waals surface area contributed by atoms with Gasteiger partial charge in [-0.3, -0.25) is 9.69 Å². The van der Waals surface area contributed by atoms with E-state index in [1.807, 2.05) is 6.07 Å². The summed E-state index contributed by atoms with van der Waals surface area (Å²) in [4.78, 5) is 18.5. The van der Waals surface area contributed by atoms with Crippen LogP contribution in [0, 0.1) is 17.2 Å². The molecule has 1 saturated carbocycles. The van der Waals surface area contributed by atoms with Crippen LogP contribution in [0.5, 0.6) is 0 Å². The van der Waals surface area contributed by atoms with E-state index in [0.29, 0.717) is 17.7 Å². The minimum atomic E-state index is -0.162. The van der Waals surface area contributed by atoms with Gasteiger partial charge in [0.15, 0.2) is 5.58 Å². The van der Waals surface area contributed by atoms with E-state index in [4.69, 9.17) is 15.4 Å². The summed E-state index contributed by atoms with van der Waals surface area (Å²) < 4.78 is 6.26. The first-order valence-electron chi connectivity index (χ1n) is 9.83. The Bertz CT molecular complexity index is 913. The second kappa shape index (κ2) is 8.10. The van der Waals surface area contributed by atoms with Crippen LogP contribution in [-0.2, 0) is 4.79 Å². The number of nitrogens with zero attached hydrogens (tertiary/aromatic N) is 3. The van der Waals surface area contributed by atoms with Crippen LogP contribution in [0.1, 0.15) is 44.3 Å². The first-order valence-corrected chi connectivity index (χ1v) is 10.6. The molecule has 1 aliphatic heterocycles. The maximum Gasteiger partial charge on any atom is 0.221 e. The number of rotatable bonds is 4. The van der Waals surface area contributed by atoms with Crippen molar-refractivity contribution in [2.75, 3.05) is 18.4 Å². The summed E-state index contributed by atoms with van der Waals surface area (Å²) >= 11 is 3.60. The number of primary amides is 1. The zero-order chi connectivity index (χ0) is 19.7. The normalized spacial score (nSPS) is 26.1. The quantitative estimate of drug-likeness (QED) is 0.746. The van der Waals surface area contributed by atoms with Gasteiger partial charge < -0.3 is 15.5 Å². The van der Waals surface area contributed by atoms with Gasteiger partial charge in [0.25, 0.3) is 0 Å². The van der Waals surface area contributed by atoms with E-state index in [2.05, 4.69) is 31.1 Å². The minimum absolute atomic E-state index is 0.00439. The van der Waals surface area contributed by atoms with E-state index in [1.54, 1.807) is 12.3 Å². The van der Waals surface area contributed by atoms with Crippen molar-refractivity contribution in [2.24, 2.45) is 11.7 Å². The fourth-order valence-electron chi connectivity index (χ4n) is 4.48. The van der Waals surface area contributed by atoms with Gasteiger partial charge in [-0.1, -0.05) is 0 Å². The van der Waals surface area contributed by atoms with Crippen molar-refractivity contribution >= 4 is 38.6 Å². The highest BCUT2D eigenvalue weighted by atomic mass is 79.9. The largest absolute Gasteiger partial charge is 0.444 e. The predicted octanol–water partition coefficient (Wildman–Crippen LogP) is 3.38. The number of aromatic nitrogens is 1. The van der Waals surface area contributed by atoms with Gasteiger partial charge in [-0.25, -0.2) is 4.98 Å². The Kier molecular flexibility index (Phi) is 5.56. The van der Waals surface area contributed by atoms with Gasteiger partial charge >= 0.3 is 0 Å². The van der Waals surface area contributed by atoms with Crippen molar-refractivity contribution < 1.29 is 9.21 Å². The van der Waals surface area contributed by atoms with Crippen LogP contribution in [0.4, 0.5) is 5.82 Å². The van der Waals surface area contributed by atoms with Crippen molar-refractivity contribution in [1.82, 2.24) is 9.88 Å². The number of nitriles is 1. The molecule has 3 N–H and O–H groups in total. The number of furan rings is 1. The van der Waals surface area contributed by atoms with Crippen LogP contribution in [-0.4, -0.2) is 41.0 Å². The van der Waals surface area contributed by atoms with E-state index in [0.717, 1.165) is 67.3 Å². The summed E-state index contributed by atoms with van der Waals surface area (Å²) in [6, 6.07) is 4.64. The highest BCUT2D eigenvalue weighted by molar-refractivity contribution is 9.10. The molecule has 4 rings (SSSR count). The fraction of sp³-hybridized carbons (Fsp3) is 0.550. The summed E-state index contributed by atoms with van der Waals surface area (Å²) in [5, 5.41) is 13.4. The number of amides is 1. The third-order valence-electron chi connectivity index (χ3n) is 6.04. The average Bonchev–Trinajstić information content (AvgIpc) is 3.15. The van der Waals surface area contributed by atoms with Crippen LogP contribution in [0.2, 0.25) is 0 Å². The Labute approximate surface area is 172 Å². The predicted molar refractivity (Wildman–Crippen MR) is 110 cm³/mol. The van der Waals surface area contributed by atoms with E-state index >= 15 is 0 Å². The van der Waals surface area contributed by atoms with Crippen molar-refractivity contribution in [1.29, 1.82) is 5.26 Å². The van der Waals surface area contributed by atoms with Gasteiger partial charge in [-0.05, 0) is 61.0 Å². The molecule has 148 valence electrons. The van der Waals surface area contributed by atoms with Crippen LogP contribution in [0.25, 0.3) is 11.0 Å². The lowest BCUT2D eigenvalue weighted by Gasteiger charge is -2.41. The topological polar surface area (TPSA) is 108 Å². The second-order valence-electron chi connectivity index (χ2n) is 7.81. The Morgan fingerprint density at radius 1 is 1.36 bits per heavy atom. The van der Waals surface area contributed by atoms with Crippen molar-refractivity contribution in [3.8, 4) is 6.07 Å². The molecule has 1 amide bonds. The SMILES string of the molecule is N#Cc1cc2c(Br)c(NC3CCC(N4CCCC(C(N)=O)C4)CC3)ncc2o1. The number of carbonyl (C=O) groups excluding carboxylic acids is 1. The molecule has 0 bridgehead atoms. The van der Waals surface area contributed by atoms with Gasteiger partial charge in [0, 0.05) is 30.1 Å². The molecule has 1 saturated heterocycles. The number of anilines is 1. The maximum atomic E-state index is 11.5. The van der Waals surface area contributed by atoms with E-state index < -0.39 is 0 Å². The summed E-state index contributed by atoms with van der Waals surface area (Å²) in [7, 11) is 0. The number of piperidine rings is 1. The van der Waals surface area contributed by atoms with Crippen LogP contribution in [0.3, 0.4) is 0 Å². The molecular weight excluding hydrogens is 422 g/mol. The zero-order valence-electron chi connectivity index (χ0n) is 15.7. The number of carbonyl (C=O) groups is 1. The van der Waals surface area contributed by atoms with Crippen molar-refractivity contribution in [3.63, 3.8) is 0 Å². The van der Waals surface area contributed by atoms with Gasteiger partial charge in [-0.2, -0.15) is 5.26 Å². The van der Waals surface area contributed by atoms with Gasteiger partial charge in [0.1, 0.15) is 11.9 Å². The molecule has 8 heteroatoms. The maximum absolute atomic E-state index is 11.5. The minimum Gasteiger partial charge on any atom is -0.444 e. The number of halogens is 1. The van der Waals surface area contributed by atoms with Gasteiger partial charge in [0.2, 0.25) is 11.7 Å². The molecule has 0 radical (unpaired) electrons. The monoisotopic (exact) mass is 445 g/mol. The standard InChI is InChI=1S/C20H24BrN5O2/c21-18-16-8-15(9-22)28-17(16)10-24-20(18)25-13-3-5-14(6-4-13)26-7-1-2-12(11-26)19(23)27/h8,10,12-14H,1-7,11H2,(H2,23,27)(H,24,25). The van der Waals surface area contributed by atoms with Gasteiger partial charge in [0.05, 0.1) is 16.6 Å². The third kappa shape index (κ3) is 3.87. The molecule has 0 aromatic carbocycles. The Hall–Kier alpha value is -2.11. The Morgan fingerprint density at radius 3 is 2.86 bits per heavy atom. The third-order valence-corrected chi connectivity index (χ3v) is 6.84. The fourth-order valence-corrected chi connectivity index (χ4v) is 5.01. The van der Waals surface area contributed by atoms with E-state index in [9.17, 15) is 4.79 Å². The molecule has 28 heavy (non-hydrogen) atoms. The molecule has 2 aromatic rings. The summed E-state index contributed by atoms with van der Waals surface area (Å²) in [6.07, 6.45) is 7.96. The van der Waals surface area contributed by atoms with Crippen molar-refractivity contribution in [2.45, 2.75) is 50.6 Å². The number of fused-ring (bicyclic) bond motifs is 1. The number of pyridine rings is 1. The zero-order valence-corrected chi connectivity index (χ0v) is 17.2. The number of hydrogen-bond donors (Lipinski definition) is 2. The molecule has 1 atom stereocenters. The van der Waals surface area contributed by atoms with Gasteiger partial charge in [-0.15, -0.1) is 0 Å². The van der Waals surface area contributed by atoms with Crippen LogP contribution in [0.15, 0.2) is 21.2 Å². The molecule has 1 aliphatic carbocycles. The second-order valence-corrected chi connectivity index (χ2v) is 8.60. The first-order chi connectivity index (χ1) is 13.5. The number of nitrogens with two attached hydrogens (primary N) is 1. The highest BCUT2D eigenvalue weighted by Gasteiger charge is 2.31. The molecule has 1 unspecified atom stereocenters. The summed E-state index contributed by atoms with van der Waals surface area (Å²) in [5.41, 5.74) is 6.12. The van der Waals surface area contributed by atoms with Crippen molar-refractivity contribution in [3.05, 3.63) is 22.5 Å². The highest BCUT2D eigenvalue weighted by Crippen LogP contribution is 2.34. The first kappa shape index (κ1) is 19.2. The molecule has 2 aromatic heterocycles. The number of nitrogens with one attached hydrogen (secondary N) is 1. The number of hydrogen-bond acceptors (Lipinski definition) is 6. The van der Waals surface area contributed by atoms with E-state index in [1.165, 1.54) is 0 Å². The summed E-state index contributed by atoms with van der Waals surface area (Å²) in [5.74, 6) is 0.911. The smallest absolute Gasteiger partial charge is 0.221 e.